The van der Waals surface area contributed by atoms with E-state index in [1.54, 1.807) is 0 Å². The summed E-state index contributed by atoms with van der Waals surface area (Å²) in [4.78, 5) is 0. The summed E-state index contributed by atoms with van der Waals surface area (Å²) < 4.78 is 3.14. The van der Waals surface area contributed by atoms with Gasteiger partial charge in [-0.05, 0) is 47.1 Å². The summed E-state index contributed by atoms with van der Waals surface area (Å²) in [6.07, 6.45) is 1.17. The van der Waals surface area contributed by atoms with Crippen LogP contribution in [0.25, 0.3) is 0 Å². The van der Waals surface area contributed by atoms with Crippen LogP contribution in [0.1, 0.15) is 32.0 Å². The summed E-state index contributed by atoms with van der Waals surface area (Å²) in [5, 5.41) is 4.57. The molecule has 0 bridgehead atoms. The summed E-state index contributed by atoms with van der Waals surface area (Å²) in [6, 6.07) is 0.455. The first-order valence-corrected chi connectivity index (χ1v) is 7.72. The third-order valence-electron chi connectivity index (χ3n) is 2.98. The smallest absolute Gasteiger partial charge is 0.135 e. The van der Waals surface area contributed by atoms with E-state index in [1.165, 1.54) is 12.2 Å². The van der Waals surface area contributed by atoms with Crippen molar-refractivity contribution in [2.24, 2.45) is 5.41 Å². The molecule has 1 aliphatic heterocycles. The molecule has 1 unspecified atom stereocenters. The molecule has 90 valence electrons. The summed E-state index contributed by atoms with van der Waals surface area (Å²) in [5.74, 6) is 3.20. The van der Waals surface area contributed by atoms with Gasteiger partial charge in [0.25, 0.3) is 0 Å². The SMILES string of the molecule is Cc1nn(C2CSCC(C)(C)C2)c(N)c1I. The number of aryl methyl sites for hydroxylation is 1. The van der Waals surface area contributed by atoms with Crippen LogP contribution < -0.4 is 5.73 Å². The second-order valence-electron chi connectivity index (χ2n) is 5.27. The van der Waals surface area contributed by atoms with Crippen molar-refractivity contribution < 1.29 is 0 Å². The van der Waals surface area contributed by atoms with Crippen molar-refractivity contribution in [2.75, 3.05) is 17.2 Å². The highest BCUT2D eigenvalue weighted by atomic mass is 127. The molecule has 2 N–H and O–H groups in total. The zero-order valence-corrected chi connectivity index (χ0v) is 12.9. The number of hydrogen-bond acceptors (Lipinski definition) is 3. The maximum absolute atomic E-state index is 6.11. The Morgan fingerprint density at radius 2 is 2.25 bits per heavy atom. The molecule has 1 aliphatic rings. The monoisotopic (exact) mass is 351 g/mol. The van der Waals surface area contributed by atoms with E-state index in [1.807, 2.05) is 23.4 Å². The van der Waals surface area contributed by atoms with Gasteiger partial charge in [-0.3, -0.25) is 0 Å². The normalized spacial score (nSPS) is 24.6. The highest BCUT2D eigenvalue weighted by Gasteiger charge is 2.31. The molecule has 1 fully saturated rings. The van der Waals surface area contributed by atoms with Gasteiger partial charge in [0.2, 0.25) is 0 Å². The summed E-state index contributed by atoms with van der Waals surface area (Å²) in [5.41, 5.74) is 7.55. The first kappa shape index (κ1) is 12.5. The third-order valence-corrected chi connectivity index (χ3v) is 5.92. The number of rotatable bonds is 1. The lowest BCUT2D eigenvalue weighted by atomic mass is 9.88. The average molecular weight is 351 g/mol. The van der Waals surface area contributed by atoms with Crippen molar-refractivity contribution in [1.82, 2.24) is 9.78 Å². The van der Waals surface area contributed by atoms with Gasteiger partial charge in [-0.2, -0.15) is 16.9 Å². The molecule has 0 spiro atoms. The molecule has 16 heavy (non-hydrogen) atoms. The topological polar surface area (TPSA) is 43.8 Å². The number of nitrogens with zero attached hydrogens (tertiary/aromatic N) is 2. The molecule has 0 amide bonds. The van der Waals surface area contributed by atoms with Gasteiger partial charge in [0.05, 0.1) is 15.3 Å². The molecule has 2 rings (SSSR count). The first-order chi connectivity index (χ1) is 7.41. The summed E-state index contributed by atoms with van der Waals surface area (Å²) in [6.45, 7) is 6.67. The summed E-state index contributed by atoms with van der Waals surface area (Å²) >= 11 is 4.29. The Morgan fingerprint density at radius 1 is 1.56 bits per heavy atom. The molecule has 0 saturated carbocycles. The molecule has 0 aliphatic carbocycles. The highest BCUT2D eigenvalue weighted by Crippen LogP contribution is 2.40. The van der Waals surface area contributed by atoms with Crippen LogP contribution in [0.15, 0.2) is 0 Å². The van der Waals surface area contributed by atoms with Crippen molar-refractivity contribution in [3.63, 3.8) is 0 Å². The van der Waals surface area contributed by atoms with Crippen molar-refractivity contribution in [3.8, 4) is 0 Å². The largest absolute Gasteiger partial charge is 0.383 e. The number of nitrogens with two attached hydrogens (primary N) is 1. The van der Waals surface area contributed by atoms with Crippen LogP contribution in [0.3, 0.4) is 0 Å². The number of hydrogen-bond donors (Lipinski definition) is 1. The second-order valence-corrected chi connectivity index (χ2v) is 7.38. The van der Waals surface area contributed by atoms with E-state index in [0.717, 1.165) is 20.8 Å². The minimum atomic E-state index is 0.394. The Labute approximate surface area is 115 Å². The number of nitrogen functional groups attached to an aromatic ring is 1. The number of thioether (sulfide) groups is 1. The van der Waals surface area contributed by atoms with Gasteiger partial charge in [-0.25, -0.2) is 4.68 Å². The van der Waals surface area contributed by atoms with Gasteiger partial charge in [-0.1, -0.05) is 13.8 Å². The molecule has 1 atom stereocenters. The van der Waals surface area contributed by atoms with Crippen molar-refractivity contribution >= 4 is 40.2 Å². The van der Waals surface area contributed by atoms with Crippen molar-refractivity contribution in [2.45, 2.75) is 33.2 Å². The van der Waals surface area contributed by atoms with Crippen molar-refractivity contribution in [3.05, 3.63) is 9.26 Å². The van der Waals surface area contributed by atoms with E-state index in [-0.39, 0.29) is 0 Å². The fourth-order valence-corrected chi connectivity index (χ4v) is 3.88. The Morgan fingerprint density at radius 3 is 2.75 bits per heavy atom. The van der Waals surface area contributed by atoms with Crippen LogP contribution in [0.4, 0.5) is 5.82 Å². The minimum Gasteiger partial charge on any atom is -0.383 e. The quantitative estimate of drug-likeness (QED) is 0.791. The van der Waals surface area contributed by atoms with Crippen LogP contribution in [-0.2, 0) is 0 Å². The fraction of sp³-hybridized carbons (Fsp3) is 0.727. The van der Waals surface area contributed by atoms with Crippen LogP contribution in [-0.4, -0.2) is 21.3 Å². The average Bonchev–Trinajstić information content (AvgIpc) is 2.45. The molecule has 0 radical (unpaired) electrons. The van der Waals surface area contributed by atoms with Gasteiger partial charge >= 0.3 is 0 Å². The lowest BCUT2D eigenvalue weighted by Crippen LogP contribution is -2.29. The lowest BCUT2D eigenvalue weighted by Gasteiger charge is -2.35. The minimum absolute atomic E-state index is 0.394. The fourth-order valence-electron chi connectivity index (χ4n) is 2.21. The van der Waals surface area contributed by atoms with Crippen LogP contribution in [0.2, 0.25) is 0 Å². The first-order valence-electron chi connectivity index (χ1n) is 5.48. The van der Waals surface area contributed by atoms with Gasteiger partial charge in [0.15, 0.2) is 0 Å². The van der Waals surface area contributed by atoms with E-state index in [4.69, 9.17) is 5.73 Å². The predicted octanol–water partition coefficient (Wildman–Crippen LogP) is 3.08. The Hall–Kier alpha value is 0.0900. The van der Waals surface area contributed by atoms with Crippen LogP contribution in [0, 0.1) is 15.9 Å². The van der Waals surface area contributed by atoms with Gasteiger partial charge in [0.1, 0.15) is 5.82 Å². The Bertz CT molecular complexity index is 400. The zero-order valence-electron chi connectivity index (χ0n) is 9.96. The van der Waals surface area contributed by atoms with Crippen LogP contribution in [0.5, 0.6) is 0 Å². The van der Waals surface area contributed by atoms with Crippen LogP contribution >= 0.6 is 34.4 Å². The Balaban J connectivity index is 2.27. The van der Waals surface area contributed by atoms with E-state index in [0.29, 0.717) is 11.5 Å². The van der Waals surface area contributed by atoms with Gasteiger partial charge < -0.3 is 5.73 Å². The van der Waals surface area contributed by atoms with E-state index >= 15 is 0 Å². The number of anilines is 1. The molecule has 1 saturated heterocycles. The molecular weight excluding hydrogens is 333 g/mol. The van der Waals surface area contributed by atoms with E-state index in [9.17, 15) is 0 Å². The van der Waals surface area contributed by atoms with Gasteiger partial charge in [-0.15, -0.1) is 0 Å². The highest BCUT2D eigenvalue weighted by molar-refractivity contribution is 14.1. The standard InChI is InChI=1S/C11H18IN3S/c1-7-9(12)10(13)15(14-7)8-4-11(2,3)6-16-5-8/h8H,4-6,13H2,1-3H3. The zero-order chi connectivity index (χ0) is 11.9. The van der Waals surface area contributed by atoms with Crippen molar-refractivity contribution in [1.29, 1.82) is 0 Å². The molecular formula is C11H18IN3S. The third kappa shape index (κ3) is 2.34. The second kappa shape index (κ2) is 4.40. The summed E-state index contributed by atoms with van der Waals surface area (Å²) in [7, 11) is 0. The lowest BCUT2D eigenvalue weighted by molar-refractivity contribution is 0.293. The molecule has 2 heterocycles. The van der Waals surface area contributed by atoms with E-state index < -0.39 is 0 Å². The molecule has 0 aromatic carbocycles. The molecule has 1 aromatic rings. The van der Waals surface area contributed by atoms with Gasteiger partial charge in [0, 0.05) is 5.75 Å². The maximum Gasteiger partial charge on any atom is 0.135 e. The molecule has 3 nitrogen and oxygen atoms in total. The predicted molar refractivity (Wildman–Crippen MR) is 78.9 cm³/mol. The molecule has 5 heteroatoms. The maximum atomic E-state index is 6.11. The number of halogens is 1. The molecule has 1 aromatic heterocycles. The van der Waals surface area contributed by atoms with E-state index in [2.05, 4.69) is 41.5 Å². The number of aromatic nitrogens is 2. The Kier molecular flexibility index (Phi) is 3.45.